The smallest absolute Gasteiger partial charge is 0.210 e. The van der Waals surface area contributed by atoms with Crippen LogP contribution in [-0.2, 0) is 18.9 Å². The van der Waals surface area contributed by atoms with Crippen LogP contribution < -0.4 is 0 Å². The van der Waals surface area contributed by atoms with E-state index >= 15 is 0 Å². The second kappa shape index (κ2) is 3.77. The van der Waals surface area contributed by atoms with Crippen molar-refractivity contribution in [3.63, 3.8) is 0 Å². The Labute approximate surface area is 83.5 Å². The quantitative estimate of drug-likeness (QED) is 0.634. The van der Waals surface area contributed by atoms with E-state index in [0.29, 0.717) is 0 Å². The molecular formula is C10H16O4. The fraction of sp³-hybridized carbons (Fsp3) is 1.00. The van der Waals surface area contributed by atoms with Crippen LogP contribution in [-0.4, -0.2) is 38.0 Å². The maximum atomic E-state index is 5.75. The van der Waals surface area contributed by atoms with E-state index in [9.17, 15) is 0 Å². The minimum absolute atomic E-state index is 0.286. The molecule has 0 aromatic rings. The molecular weight excluding hydrogens is 184 g/mol. The van der Waals surface area contributed by atoms with Gasteiger partial charge in [-0.05, 0) is 25.7 Å². The summed E-state index contributed by atoms with van der Waals surface area (Å²) < 4.78 is 22.4. The summed E-state index contributed by atoms with van der Waals surface area (Å²) in [5, 5.41) is 0. The van der Waals surface area contributed by atoms with Crippen LogP contribution >= 0.6 is 0 Å². The summed E-state index contributed by atoms with van der Waals surface area (Å²) in [7, 11) is 0. The van der Waals surface area contributed by atoms with Crippen LogP contribution in [0.4, 0.5) is 0 Å². The van der Waals surface area contributed by atoms with Gasteiger partial charge in [0.25, 0.3) is 0 Å². The fourth-order valence-corrected chi connectivity index (χ4v) is 2.37. The van der Waals surface area contributed by atoms with Crippen LogP contribution in [0.3, 0.4) is 0 Å². The van der Waals surface area contributed by atoms with Crippen molar-refractivity contribution in [1.29, 1.82) is 0 Å². The summed E-state index contributed by atoms with van der Waals surface area (Å²) in [5.74, 6) is 0. The summed E-state index contributed by atoms with van der Waals surface area (Å²) in [4.78, 5) is 0. The highest BCUT2D eigenvalue weighted by Gasteiger charge is 2.43. The van der Waals surface area contributed by atoms with E-state index in [1.165, 1.54) is 6.42 Å². The van der Waals surface area contributed by atoms with Gasteiger partial charge in [0.05, 0.1) is 25.4 Å². The van der Waals surface area contributed by atoms with E-state index in [1.807, 2.05) is 0 Å². The first kappa shape index (κ1) is 9.09. The third-order valence-corrected chi connectivity index (χ3v) is 3.08. The lowest BCUT2D eigenvalue weighted by atomic mass is 10.3. The fourth-order valence-electron chi connectivity index (χ4n) is 2.37. The summed E-state index contributed by atoms with van der Waals surface area (Å²) in [6.45, 7) is 1.51. The molecule has 0 N–H and O–H groups in total. The molecule has 4 nitrogen and oxygen atoms in total. The van der Waals surface area contributed by atoms with Crippen molar-refractivity contribution in [1.82, 2.24) is 0 Å². The maximum Gasteiger partial charge on any atom is 0.210 e. The first-order valence-corrected chi connectivity index (χ1v) is 5.47. The van der Waals surface area contributed by atoms with Gasteiger partial charge in [-0.3, -0.25) is 0 Å². The molecule has 3 fully saturated rings. The summed E-state index contributed by atoms with van der Waals surface area (Å²) in [5.41, 5.74) is 0. The number of hydrogen-bond acceptors (Lipinski definition) is 4. The van der Waals surface area contributed by atoms with Gasteiger partial charge in [-0.2, -0.15) is 0 Å². The largest absolute Gasteiger partial charge is 0.348 e. The van der Waals surface area contributed by atoms with Gasteiger partial charge in [-0.1, -0.05) is 0 Å². The number of fused-ring (bicyclic) bond motifs is 1. The maximum absolute atomic E-state index is 5.75. The zero-order valence-electron chi connectivity index (χ0n) is 8.19. The standard InChI is InChI=1S/C10H16O4/c1-3-7-8(4-1)14-10(13-7)9-11-5-2-6-12-9/h7-10H,1-6H2. The Morgan fingerprint density at radius 2 is 1.36 bits per heavy atom. The molecule has 4 heteroatoms. The molecule has 0 bridgehead atoms. The predicted octanol–water partition coefficient (Wildman–Crippen LogP) is 1.04. The van der Waals surface area contributed by atoms with Crippen molar-refractivity contribution in [3.8, 4) is 0 Å². The van der Waals surface area contributed by atoms with E-state index in [1.54, 1.807) is 0 Å². The van der Waals surface area contributed by atoms with E-state index in [0.717, 1.165) is 32.5 Å². The van der Waals surface area contributed by atoms with Gasteiger partial charge in [0.1, 0.15) is 0 Å². The number of rotatable bonds is 1. The highest BCUT2D eigenvalue weighted by Crippen LogP contribution is 2.34. The van der Waals surface area contributed by atoms with Crippen molar-refractivity contribution in [2.75, 3.05) is 13.2 Å². The molecule has 0 radical (unpaired) electrons. The molecule has 0 aromatic heterocycles. The van der Waals surface area contributed by atoms with Crippen LogP contribution in [0.5, 0.6) is 0 Å². The zero-order chi connectivity index (χ0) is 9.38. The van der Waals surface area contributed by atoms with Gasteiger partial charge in [-0.15, -0.1) is 0 Å². The van der Waals surface area contributed by atoms with Crippen molar-refractivity contribution in [2.45, 2.75) is 50.5 Å². The number of ether oxygens (including phenoxy) is 4. The van der Waals surface area contributed by atoms with Gasteiger partial charge in [0.15, 0.2) is 0 Å². The van der Waals surface area contributed by atoms with Gasteiger partial charge >= 0.3 is 0 Å². The molecule has 0 spiro atoms. The van der Waals surface area contributed by atoms with Crippen LogP contribution in [0, 0.1) is 0 Å². The lowest BCUT2D eigenvalue weighted by molar-refractivity contribution is -0.278. The van der Waals surface area contributed by atoms with Crippen LogP contribution in [0.15, 0.2) is 0 Å². The average molecular weight is 200 g/mol. The molecule has 2 atom stereocenters. The molecule has 2 aliphatic heterocycles. The van der Waals surface area contributed by atoms with Gasteiger partial charge < -0.3 is 18.9 Å². The molecule has 2 heterocycles. The van der Waals surface area contributed by atoms with Crippen LogP contribution in [0.2, 0.25) is 0 Å². The molecule has 80 valence electrons. The van der Waals surface area contributed by atoms with Crippen LogP contribution in [0.25, 0.3) is 0 Å². The highest BCUT2D eigenvalue weighted by molar-refractivity contribution is 4.84. The highest BCUT2D eigenvalue weighted by atomic mass is 16.8. The molecule has 3 rings (SSSR count). The lowest BCUT2D eigenvalue weighted by Gasteiger charge is -2.27. The third-order valence-electron chi connectivity index (χ3n) is 3.08. The van der Waals surface area contributed by atoms with E-state index < -0.39 is 0 Å². The molecule has 1 aliphatic carbocycles. The second-order valence-electron chi connectivity index (χ2n) is 4.11. The van der Waals surface area contributed by atoms with Crippen LogP contribution in [0.1, 0.15) is 25.7 Å². The predicted molar refractivity (Wildman–Crippen MR) is 47.7 cm³/mol. The van der Waals surface area contributed by atoms with Gasteiger partial charge in [0, 0.05) is 0 Å². The molecule has 2 unspecified atom stereocenters. The Kier molecular flexibility index (Phi) is 2.45. The first-order valence-electron chi connectivity index (χ1n) is 5.47. The van der Waals surface area contributed by atoms with E-state index in [2.05, 4.69) is 0 Å². The Morgan fingerprint density at radius 1 is 0.714 bits per heavy atom. The molecule has 1 saturated carbocycles. The van der Waals surface area contributed by atoms with Gasteiger partial charge in [0.2, 0.25) is 12.6 Å². The Balaban J connectivity index is 1.59. The minimum atomic E-state index is -0.297. The molecule has 2 saturated heterocycles. The van der Waals surface area contributed by atoms with Crippen molar-refractivity contribution in [2.24, 2.45) is 0 Å². The van der Waals surface area contributed by atoms with Crippen molar-refractivity contribution < 1.29 is 18.9 Å². The number of hydrogen-bond donors (Lipinski definition) is 0. The molecule has 3 aliphatic rings. The first-order chi connectivity index (χ1) is 6.93. The Hall–Kier alpha value is -0.160. The third kappa shape index (κ3) is 1.56. The average Bonchev–Trinajstić information content (AvgIpc) is 2.78. The molecule has 14 heavy (non-hydrogen) atoms. The van der Waals surface area contributed by atoms with Gasteiger partial charge in [-0.25, -0.2) is 0 Å². The Morgan fingerprint density at radius 3 is 2.00 bits per heavy atom. The minimum Gasteiger partial charge on any atom is -0.348 e. The van der Waals surface area contributed by atoms with E-state index in [4.69, 9.17) is 18.9 Å². The Bertz CT molecular complexity index is 190. The van der Waals surface area contributed by atoms with Crippen molar-refractivity contribution in [3.05, 3.63) is 0 Å². The van der Waals surface area contributed by atoms with Crippen molar-refractivity contribution >= 4 is 0 Å². The SMILES string of the molecule is C1COC(C2OC3CCCC3O2)OC1. The molecule has 0 amide bonds. The summed E-state index contributed by atoms with van der Waals surface area (Å²) in [6, 6.07) is 0. The second-order valence-corrected chi connectivity index (χ2v) is 4.11. The summed E-state index contributed by atoms with van der Waals surface area (Å²) in [6.07, 6.45) is 4.41. The van der Waals surface area contributed by atoms with E-state index in [-0.39, 0.29) is 24.8 Å². The zero-order valence-corrected chi connectivity index (χ0v) is 8.19. The normalized spacial score (nSPS) is 44.1. The lowest BCUT2D eigenvalue weighted by Crippen LogP contribution is -2.37. The topological polar surface area (TPSA) is 36.9 Å². The summed E-state index contributed by atoms with van der Waals surface area (Å²) >= 11 is 0. The molecule has 0 aromatic carbocycles. The monoisotopic (exact) mass is 200 g/mol.